The molecule has 0 aromatic rings. The van der Waals surface area contributed by atoms with Gasteiger partial charge in [0.25, 0.3) is 0 Å². The van der Waals surface area contributed by atoms with Crippen LogP contribution in [0.2, 0.25) is 0 Å². The summed E-state index contributed by atoms with van der Waals surface area (Å²) in [5.74, 6) is -0.633. The van der Waals surface area contributed by atoms with Crippen LogP contribution >= 0.6 is 0 Å². The van der Waals surface area contributed by atoms with E-state index in [1.165, 1.54) is 0 Å². The molecule has 1 aliphatic rings. The molecule has 0 bridgehead atoms. The fraction of sp³-hybridized carbons (Fsp3) is 0.909. The third kappa shape index (κ3) is 2.39. The minimum absolute atomic E-state index is 0.0207. The zero-order chi connectivity index (χ0) is 12.4. The maximum absolute atomic E-state index is 13.0. The van der Waals surface area contributed by atoms with Crippen molar-refractivity contribution in [2.24, 2.45) is 11.3 Å². The molecule has 1 fully saturated rings. The lowest BCUT2D eigenvalue weighted by atomic mass is 9.78. The second-order valence-corrected chi connectivity index (χ2v) is 4.65. The van der Waals surface area contributed by atoms with Gasteiger partial charge < -0.3 is 5.32 Å². The smallest absolute Gasteiger partial charge is 0.315 e. The van der Waals surface area contributed by atoms with Gasteiger partial charge in [-0.3, -0.25) is 4.79 Å². The number of alkyl halides is 3. The largest absolute Gasteiger partial charge is 0.402 e. The Morgan fingerprint density at radius 2 is 2.12 bits per heavy atom. The Morgan fingerprint density at radius 3 is 2.50 bits per heavy atom. The fourth-order valence-electron chi connectivity index (χ4n) is 1.99. The number of rotatable bonds is 4. The van der Waals surface area contributed by atoms with E-state index in [1.54, 1.807) is 0 Å². The van der Waals surface area contributed by atoms with Crippen molar-refractivity contribution in [3.05, 3.63) is 0 Å². The van der Waals surface area contributed by atoms with Crippen molar-refractivity contribution in [2.45, 2.75) is 39.3 Å². The maximum Gasteiger partial charge on any atom is 0.402 e. The van der Waals surface area contributed by atoms with Gasteiger partial charge in [0.05, 0.1) is 0 Å². The monoisotopic (exact) mass is 237 g/mol. The molecule has 0 spiro atoms. The average molecular weight is 237 g/mol. The first-order valence-electron chi connectivity index (χ1n) is 5.64. The molecule has 5 heteroatoms. The molecule has 94 valence electrons. The standard InChI is InChI=1S/C11H18F3NO/c1-3-8(2)6-9(16)10(11(12,13)14)4-5-15-7-10/h8,15H,3-7H2,1-2H3. The molecule has 0 aromatic carbocycles. The zero-order valence-corrected chi connectivity index (χ0v) is 9.66. The van der Waals surface area contributed by atoms with Gasteiger partial charge >= 0.3 is 6.18 Å². The number of carbonyl (C=O) groups is 1. The minimum Gasteiger partial charge on any atom is -0.315 e. The summed E-state index contributed by atoms with van der Waals surface area (Å²) in [6.07, 6.45) is -3.79. The molecule has 1 saturated heterocycles. The Kier molecular flexibility index (Phi) is 3.99. The number of nitrogens with one attached hydrogen (secondary N) is 1. The molecule has 0 aromatic heterocycles. The summed E-state index contributed by atoms with van der Waals surface area (Å²) in [5.41, 5.74) is -2.13. The molecule has 16 heavy (non-hydrogen) atoms. The predicted molar refractivity (Wildman–Crippen MR) is 55.1 cm³/mol. The highest BCUT2D eigenvalue weighted by Gasteiger charge is 2.60. The third-order valence-corrected chi connectivity index (χ3v) is 3.46. The van der Waals surface area contributed by atoms with E-state index in [2.05, 4.69) is 5.32 Å². The predicted octanol–water partition coefficient (Wildman–Crippen LogP) is 2.53. The highest BCUT2D eigenvalue weighted by atomic mass is 19.4. The zero-order valence-electron chi connectivity index (χ0n) is 9.66. The van der Waals surface area contributed by atoms with Gasteiger partial charge in [-0.2, -0.15) is 13.2 Å². The van der Waals surface area contributed by atoms with Crippen molar-refractivity contribution < 1.29 is 18.0 Å². The van der Waals surface area contributed by atoms with Gasteiger partial charge in [-0.05, 0) is 18.9 Å². The van der Waals surface area contributed by atoms with Crippen molar-refractivity contribution in [3.63, 3.8) is 0 Å². The average Bonchev–Trinajstić information content (AvgIpc) is 2.66. The molecule has 0 aliphatic carbocycles. The Labute approximate surface area is 93.6 Å². The van der Waals surface area contributed by atoms with Gasteiger partial charge in [0, 0.05) is 13.0 Å². The number of Topliss-reactive ketones (excluding diaryl/α,β-unsaturated/α-hetero) is 1. The molecule has 2 atom stereocenters. The number of hydrogen-bond acceptors (Lipinski definition) is 2. The van der Waals surface area contributed by atoms with Crippen LogP contribution < -0.4 is 5.32 Å². The lowest BCUT2D eigenvalue weighted by Crippen LogP contribution is -2.47. The molecule has 0 saturated carbocycles. The molecule has 2 nitrogen and oxygen atoms in total. The number of ketones is 1. The highest BCUT2D eigenvalue weighted by molar-refractivity contribution is 5.86. The van der Waals surface area contributed by atoms with Gasteiger partial charge in [0.1, 0.15) is 11.2 Å². The van der Waals surface area contributed by atoms with E-state index in [9.17, 15) is 18.0 Å². The summed E-state index contributed by atoms with van der Waals surface area (Å²) >= 11 is 0. The first-order chi connectivity index (χ1) is 7.33. The van der Waals surface area contributed by atoms with Crippen LogP contribution in [0.1, 0.15) is 33.1 Å². The van der Waals surface area contributed by atoms with Crippen LogP contribution in [0.4, 0.5) is 13.2 Å². The first kappa shape index (κ1) is 13.5. The summed E-state index contributed by atoms with van der Waals surface area (Å²) in [5, 5.41) is 2.65. The van der Waals surface area contributed by atoms with E-state index >= 15 is 0 Å². The second-order valence-electron chi connectivity index (χ2n) is 4.65. The van der Waals surface area contributed by atoms with Crippen LogP contribution in [-0.2, 0) is 4.79 Å². The van der Waals surface area contributed by atoms with Crippen molar-refractivity contribution in [3.8, 4) is 0 Å². The summed E-state index contributed by atoms with van der Waals surface area (Å²) < 4.78 is 38.9. The van der Waals surface area contributed by atoms with E-state index in [0.29, 0.717) is 0 Å². The molecule has 1 rings (SSSR count). The van der Waals surface area contributed by atoms with Crippen LogP contribution in [0.15, 0.2) is 0 Å². The van der Waals surface area contributed by atoms with E-state index in [-0.39, 0.29) is 31.8 Å². The van der Waals surface area contributed by atoms with Crippen LogP contribution in [-0.4, -0.2) is 25.0 Å². The molecule has 1 N–H and O–H groups in total. The molecule has 1 aliphatic heterocycles. The topological polar surface area (TPSA) is 29.1 Å². The quantitative estimate of drug-likeness (QED) is 0.814. The van der Waals surface area contributed by atoms with Crippen molar-refractivity contribution >= 4 is 5.78 Å². The van der Waals surface area contributed by atoms with Gasteiger partial charge in [-0.1, -0.05) is 20.3 Å². The number of hydrogen-bond donors (Lipinski definition) is 1. The van der Waals surface area contributed by atoms with E-state index in [0.717, 1.165) is 6.42 Å². The van der Waals surface area contributed by atoms with Crippen LogP contribution in [0.3, 0.4) is 0 Å². The molecule has 0 amide bonds. The van der Waals surface area contributed by atoms with Crippen LogP contribution in [0.5, 0.6) is 0 Å². The Morgan fingerprint density at radius 1 is 1.50 bits per heavy atom. The maximum atomic E-state index is 13.0. The van der Waals surface area contributed by atoms with E-state index in [4.69, 9.17) is 0 Å². The fourth-order valence-corrected chi connectivity index (χ4v) is 1.99. The van der Waals surface area contributed by atoms with Crippen molar-refractivity contribution in [1.29, 1.82) is 0 Å². The molecule has 0 radical (unpaired) electrons. The number of halogens is 3. The molecule has 2 unspecified atom stereocenters. The van der Waals surface area contributed by atoms with Crippen molar-refractivity contribution in [1.82, 2.24) is 5.32 Å². The summed E-state index contributed by atoms with van der Waals surface area (Å²) in [7, 11) is 0. The minimum atomic E-state index is -4.43. The van der Waals surface area contributed by atoms with E-state index < -0.39 is 17.4 Å². The lowest BCUT2D eigenvalue weighted by molar-refractivity contribution is -0.215. The molecular formula is C11H18F3NO. The van der Waals surface area contributed by atoms with Gasteiger partial charge in [0.15, 0.2) is 0 Å². The Hall–Kier alpha value is -0.580. The molecule has 1 heterocycles. The summed E-state index contributed by atoms with van der Waals surface area (Å²) in [4.78, 5) is 11.8. The highest BCUT2D eigenvalue weighted by Crippen LogP contribution is 2.44. The second kappa shape index (κ2) is 4.73. The Balaban J connectivity index is 2.82. The lowest BCUT2D eigenvalue weighted by Gasteiger charge is -2.30. The van der Waals surface area contributed by atoms with Crippen LogP contribution in [0, 0.1) is 11.3 Å². The summed E-state index contributed by atoms with van der Waals surface area (Å²) in [6, 6.07) is 0. The Bertz CT molecular complexity index is 256. The third-order valence-electron chi connectivity index (χ3n) is 3.46. The van der Waals surface area contributed by atoms with Crippen LogP contribution in [0.25, 0.3) is 0 Å². The van der Waals surface area contributed by atoms with Gasteiger partial charge in [-0.15, -0.1) is 0 Å². The summed E-state index contributed by atoms with van der Waals surface area (Å²) in [6.45, 7) is 3.70. The first-order valence-corrected chi connectivity index (χ1v) is 5.64. The van der Waals surface area contributed by atoms with E-state index in [1.807, 2.05) is 13.8 Å². The van der Waals surface area contributed by atoms with Crippen molar-refractivity contribution in [2.75, 3.05) is 13.1 Å². The van der Waals surface area contributed by atoms with Gasteiger partial charge in [0.2, 0.25) is 0 Å². The number of carbonyl (C=O) groups excluding carboxylic acids is 1. The molecular weight excluding hydrogens is 219 g/mol. The van der Waals surface area contributed by atoms with Gasteiger partial charge in [-0.25, -0.2) is 0 Å². The normalized spacial score (nSPS) is 28.1. The SMILES string of the molecule is CCC(C)CC(=O)C1(C(F)(F)F)CCNC1.